The molecule has 0 spiro atoms. The third kappa shape index (κ3) is 3.14. The van der Waals surface area contributed by atoms with Crippen molar-refractivity contribution < 1.29 is 9.47 Å². The molecule has 5 heteroatoms. The van der Waals surface area contributed by atoms with E-state index in [1.165, 1.54) is 6.42 Å². The highest BCUT2D eigenvalue weighted by Gasteiger charge is 2.17. The maximum absolute atomic E-state index is 6.02. The van der Waals surface area contributed by atoms with E-state index in [4.69, 9.17) is 27.4 Å². The molecule has 2 heterocycles. The molecule has 1 aliphatic rings. The number of pyridine rings is 1. The molecule has 3 rings (SSSR count). The first kappa shape index (κ1) is 14.2. The molecular weight excluding hydrogens is 284 g/mol. The van der Waals surface area contributed by atoms with E-state index in [1.54, 1.807) is 6.20 Å². The molecule has 110 valence electrons. The fourth-order valence-electron chi connectivity index (χ4n) is 2.56. The monoisotopic (exact) mass is 302 g/mol. The summed E-state index contributed by atoms with van der Waals surface area (Å²) in [6.45, 7) is 1.33. The number of hydrogen-bond acceptors (Lipinski definition) is 4. The van der Waals surface area contributed by atoms with Crippen molar-refractivity contribution in [2.45, 2.75) is 25.4 Å². The predicted molar refractivity (Wildman–Crippen MR) is 86.7 cm³/mol. The van der Waals surface area contributed by atoms with Crippen molar-refractivity contribution in [2.24, 2.45) is 5.73 Å². The minimum atomic E-state index is 0.143. The van der Waals surface area contributed by atoms with Crippen LogP contribution < -0.4 is 10.5 Å². The minimum Gasteiger partial charge on any atom is -0.489 e. The maximum Gasteiger partial charge on any atom is 0.140 e. The standard InChI is InChI=1S/C16H18N2O2S/c17-16(21)13-9-18-14-7-2-1-6-12(14)15(13)20-10-11-5-3-4-8-19-11/h1-2,6-7,9,11H,3-5,8,10H2,(H2,17,21). The molecule has 0 amide bonds. The number of rotatable bonds is 4. The number of fused-ring (bicyclic) bond motifs is 1. The second kappa shape index (κ2) is 6.37. The quantitative estimate of drug-likeness (QED) is 0.880. The van der Waals surface area contributed by atoms with Crippen LogP contribution in [-0.4, -0.2) is 29.3 Å². The maximum atomic E-state index is 6.02. The predicted octanol–water partition coefficient (Wildman–Crippen LogP) is 2.82. The Hall–Kier alpha value is -1.72. The average molecular weight is 302 g/mol. The van der Waals surface area contributed by atoms with Crippen LogP contribution in [0.15, 0.2) is 30.5 Å². The third-order valence-corrected chi connectivity index (χ3v) is 3.90. The summed E-state index contributed by atoms with van der Waals surface area (Å²) in [6.07, 6.45) is 5.18. The number of para-hydroxylation sites is 1. The molecule has 1 atom stereocenters. The lowest BCUT2D eigenvalue weighted by Gasteiger charge is -2.23. The first-order chi connectivity index (χ1) is 10.3. The molecule has 1 saturated heterocycles. The van der Waals surface area contributed by atoms with Crippen molar-refractivity contribution in [3.63, 3.8) is 0 Å². The smallest absolute Gasteiger partial charge is 0.140 e. The molecule has 1 unspecified atom stereocenters. The van der Waals surface area contributed by atoms with Gasteiger partial charge in [0, 0.05) is 18.2 Å². The van der Waals surface area contributed by atoms with Crippen molar-refractivity contribution in [1.82, 2.24) is 4.98 Å². The largest absolute Gasteiger partial charge is 0.489 e. The Morgan fingerprint density at radius 2 is 2.24 bits per heavy atom. The molecule has 2 N–H and O–H groups in total. The summed E-state index contributed by atoms with van der Waals surface area (Å²) in [6, 6.07) is 7.82. The van der Waals surface area contributed by atoms with Crippen molar-refractivity contribution in [1.29, 1.82) is 0 Å². The SMILES string of the molecule is NC(=S)c1cnc2ccccc2c1OCC1CCCCO1. The van der Waals surface area contributed by atoms with Crippen LogP contribution >= 0.6 is 12.2 Å². The highest BCUT2D eigenvalue weighted by atomic mass is 32.1. The van der Waals surface area contributed by atoms with Gasteiger partial charge in [0.2, 0.25) is 0 Å². The molecule has 1 fully saturated rings. The van der Waals surface area contributed by atoms with Gasteiger partial charge in [0.05, 0.1) is 17.2 Å². The molecule has 0 radical (unpaired) electrons. The number of aromatic nitrogens is 1. The minimum absolute atomic E-state index is 0.143. The summed E-state index contributed by atoms with van der Waals surface area (Å²) >= 11 is 5.11. The zero-order chi connectivity index (χ0) is 14.7. The second-order valence-corrected chi connectivity index (χ2v) is 5.62. The van der Waals surface area contributed by atoms with Gasteiger partial charge < -0.3 is 15.2 Å². The molecular formula is C16H18N2O2S. The van der Waals surface area contributed by atoms with Crippen LogP contribution in [0.2, 0.25) is 0 Å². The lowest BCUT2D eigenvalue weighted by molar-refractivity contribution is -0.0108. The number of thiocarbonyl (C=S) groups is 1. The van der Waals surface area contributed by atoms with E-state index in [2.05, 4.69) is 4.98 Å². The summed E-state index contributed by atoms with van der Waals surface area (Å²) in [7, 11) is 0. The highest BCUT2D eigenvalue weighted by Crippen LogP contribution is 2.29. The van der Waals surface area contributed by atoms with Gasteiger partial charge in [-0.3, -0.25) is 4.98 Å². The molecule has 0 aliphatic carbocycles. The molecule has 1 aliphatic heterocycles. The summed E-state index contributed by atoms with van der Waals surface area (Å²) in [5, 5.41) is 0.929. The van der Waals surface area contributed by atoms with Crippen LogP contribution in [0.4, 0.5) is 0 Å². The van der Waals surface area contributed by atoms with E-state index in [9.17, 15) is 0 Å². The Bertz CT molecular complexity index is 654. The van der Waals surface area contributed by atoms with Crippen LogP contribution in [0.1, 0.15) is 24.8 Å². The fraction of sp³-hybridized carbons (Fsp3) is 0.375. The number of nitrogens with zero attached hydrogens (tertiary/aromatic N) is 1. The van der Waals surface area contributed by atoms with Crippen molar-refractivity contribution in [2.75, 3.05) is 13.2 Å². The summed E-state index contributed by atoms with van der Waals surface area (Å²) in [5.74, 6) is 0.710. The zero-order valence-corrected chi connectivity index (χ0v) is 12.6. The van der Waals surface area contributed by atoms with Gasteiger partial charge >= 0.3 is 0 Å². The van der Waals surface area contributed by atoms with Crippen molar-refractivity contribution in [3.05, 3.63) is 36.0 Å². The Kier molecular flexibility index (Phi) is 4.31. The number of benzene rings is 1. The van der Waals surface area contributed by atoms with Crippen LogP contribution in [0.3, 0.4) is 0 Å². The molecule has 0 bridgehead atoms. The van der Waals surface area contributed by atoms with Crippen molar-refractivity contribution in [3.8, 4) is 5.75 Å². The van der Waals surface area contributed by atoms with Gasteiger partial charge in [-0.1, -0.05) is 24.4 Å². The van der Waals surface area contributed by atoms with E-state index in [0.717, 1.165) is 30.4 Å². The Labute approximate surface area is 129 Å². The molecule has 2 aromatic rings. The van der Waals surface area contributed by atoms with E-state index in [-0.39, 0.29) is 6.10 Å². The molecule has 1 aromatic heterocycles. The van der Waals surface area contributed by atoms with Gasteiger partial charge in [0.1, 0.15) is 17.3 Å². The Balaban J connectivity index is 1.90. The second-order valence-electron chi connectivity index (χ2n) is 5.18. The molecule has 0 saturated carbocycles. The van der Waals surface area contributed by atoms with E-state index in [1.807, 2.05) is 24.3 Å². The average Bonchev–Trinajstić information content (AvgIpc) is 2.53. The highest BCUT2D eigenvalue weighted by molar-refractivity contribution is 7.80. The lowest BCUT2D eigenvalue weighted by atomic mass is 10.1. The third-order valence-electron chi connectivity index (χ3n) is 3.68. The van der Waals surface area contributed by atoms with E-state index >= 15 is 0 Å². The number of nitrogens with two attached hydrogens (primary N) is 1. The fourth-order valence-corrected chi connectivity index (χ4v) is 2.71. The van der Waals surface area contributed by atoms with Gasteiger partial charge in [0.15, 0.2) is 0 Å². The zero-order valence-electron chi connectivity index (χ0n) is 11.7. The Morgan fingerprint density at radius 1 is 1.38 bits per heavy atom. The van der Waals surface area contributed by atoms with E-state index < -0.39 is 0 Å². The lowest BCUT2D eigenvalue weighted by Crippen LogP contribution is -2.26. The van der Waals surface area contributed by atoms with Gasteiger partial charge in [-0.15, -0.1) is 0 Å². The summed E-state index contributed by atoms with van der Waals surface area (Å²) in [4.78, 5) is 4.68. The topological polar surface area (TPSA) is 57.4 Å². The number of ether oxygens (including phenoxy) is 2. The van der Waals surface area contributed by atoms with Gasteiger partial charge in [-0.2, -0.15) is 0 Å². The van der Waals surface area contributed by atoms with Crippen LogP contribution in [0.5, 0.6) is 5.75 Å². The molecule has 4 nitrogen and oxygen atoms in total. The Morgan fingerprint density at radius 3 is 3.00 bits per heavy atom. The first-order valence-corrected chi connectivity index (χ1v) is 7.58. The van der Waals surface area contributed by atoms with Gasteiger partial charge in [-0.25, -0.2) is 0 Å². The first-order valence-electron chi connectivity index (χ1n) is 7.17. The summed E-state index contributed by atoms with van der Waals surface area (Å²) < 4.78 is 11.7. The van der Waals surface area contributed by atoms with Crippen LogP contribution in [-0.2, 0) is 4.74 Å². The molecule has 21 heavy (non-hydrogen) atoms. The van der Waals surface area contributed by atoms with Gasteiger partial charge in [0.25, 0.3) is 0 Å². The van der Waals surface area contributed by atoms with Crippen molar-refractivity contribution >= 4 is 28.1 Å². The number of hydrogen-bond donors (Lipinski definition) is 1. The van der Waals surface area contributed by atoms with Gasteiger partial charge in [-0.05, 0) is 31.4 Å². The van der Waals surface area contributed by atoms with Crippen LogP contribution in [0.25, 0.3) is 10.9 Å². The normalized spacial score (nSPS) is 18.6. The molecule has 1 aromatic carbocycles. The van der Waals surface area contributed by atoms with Crippen LogP contribution in [0, 0.1) is 0 Å². The van der Waals surface area contributed by atoms with E-state index in [0.29, 0.717) is 22.9 Å². The summed E-state index contributed by atoms with van der Waals surface area (Å²) in [5.41, 5.74) is 7.35.